The molecule has 0 radical (unpaired) electrons. The van der Waals surface area contributed by atoms with Gasteiger partial charge < -0.3 is 15.1 Å². The third-order valence-corrected chi connectivity index (χ3v) is 4.60. The van der Waals surface area contributed by atoms with E-state index in [1.807, 2.05) is 23.9 Å². The van der Waals surface area contributed by atoms with Crippen LogP contribution in [-0.4, -0.2) is 61.4 Å². The fraction of sp³-hybridized carbons (Fsp3) is 0.579. The van der Waals surface area contributed by atoms with Crippen LogP contribution in [-0.2, 0) is 0 Å². The SMILES string of the molecule is CCC1CCCCN1C(=O)c1ccc(C(=O)NCCN(C)C)cc1. The van der Waals surface area contributed by atoms with Crippen molar-refractivity contribution < 1.29 is 9.59 Å². The van der Waals surface area contributed by atoms with Crippen LogP contribution in [0.25, 0.3) is 0 Å². The lowest BCUT2D eigenvalue weighted by molar-refractivity contribution is 0.0607. The average Bonchev–Trinajstić information content (AvgIpc) is 2.60. The molecule has 1 aromatic carbocycles. The molecule has 5 heteroatoms. The van der Waals surface area contributed by atoms with Gasteiger partial charge in [-0.2, -0.15) is 0 Å². The highest BCUT2D eigenvalue weighted by Gasteiger charge is 2.26. The zero-order chi connectivity index (χ0) is 17.5. The molecule has 24 heavy (non-hydrogen) atoms. The molecule has 0 saturated carbocycles. The van der Waals surface area contributed by atoms with Crippen LogP contribution in [0, 0.1) is 0 Å². The number of rotatable bonds is 6. The van der Waals surface area contributed by atoms with Crippen LogP contribution in [0.4, 0.5) is 0 Å². The zero-order valence-electron chi connectivity index (χ0n) is 15.0. The molecule has 0 spiro atoms. The Balaban J connectivity index is 1.97. The number of piperidine rings is 1. The lowest BCUT2D eigenvalue weighted by Crippen LogP contribution is -2.43. The second-order valence-electron chi connectivity index (χ2n) is 6.69. The molecule has 2 amide bonds. The summed E-state index contributed by atoms with van der Waals surface area (Å²) >= 11 is 0. The van der Waals surface area contributed by atoms with Gasteiger partial charge in [-0.15, -0.1) is 0 Å². The molecule has 1 saturated heterocycles. The highest BCUT2D eigenvalue weighted by molar-refractivity contribution is 5.98. The van der Waals surface area contributed by atoms with Gasteiger partial charge in [-0.25, -0.2) is 0 Å². The van der Waals surface area contributed by atoms with Crippen molar-refractivity contribution in [2.45, 2.75) is 38.6 Å². The first-order valence-corrected chi connectivity index (χ1v) is 8.87. The first-order valence-electron chi connectivity index (χ1n) is 8.87. The van der Waals surface area contributed by atoms with Crippen molar-refractivity contribution >= 4 is 11.8 Å². The average molecular weight is 331 g/mol. The fourth-order valence-electron chi connectivity index (χ4n) is 3.12. The molecule has 5 nitrogen and oxygen atoms in total. The predicted molar refractivity (Wildman–Crippen MR) is 96.3 cm³/mol. The van der Waals surface area contributed by atoms with Gasteiger partial charge in [-0.05, 0) is 64.0 Å². The number of likely N-dealkylation sites (tertiary alicyclic amines) is 1. The van der Waals surface area contributed by atoms with Crippen LogP contribution in [0.1, 0.15) is 53.3 Å². The Labute approximate surface area is 145 Å². The van der Waals surface area contributed by atoms with E-state index in [9.17, 15) is 9.59 Å². The number of hydrogen-bond acceptors (Lipinski definition) is 3. The van der Waals surface area contributed by atoms with Crippen molar-refractivity contribution in [3.05, 3.63) is 35.4 Å². The summed E-state index contributed by atoms with van der Waals surface area (Å²) in [5.74, 6) is -0.0126. The topological polar surface area (TPSA) is 52.7 Å². The summed E-state index contributed by atoms with van der Waals surface area (Å²) in [6, 6.07) is 7.36. The summed E-state index contributed by atoms with van der Waals surface area (Å²) in [5.41, 5.74) is 1.26. The monoisotopic (exact) mass is 331 g/mol. The van der Waals surface area contributed by atoms with E-state index in [1.54, 1.807) is 24.3 Å². The van der Waals surface area contributed by atoms with E-state index in [2.05, 4.69) is 12.2 Å². The Hall–Kier alpha value is -1.88. The molecule has 132 valence electrons. The van der Waals surface area contributed by atoms with Crippen LogP contribution in [0.15, 0.2) is 24.3 Å². The first-order chi connectivity index (χ1) is 11.5. The van der Waals surface area contributed by atoms with E-state index < -0.39 is 0 Å². The van der Waals surface area contributed by atoms with E-state index in [-0.39, 0.29) is 11.8 Å². The van der Waals surface area contributed by atoms with Crippen LogP contribution < -0.4 is 5.32 Å². The van der Waals surface area contributed by atoms with Gasteiger partial charge in [-0.3, -0.25) is 9.59 Å². The maximum absolute atomic E-state index is 12.7. The van der Waals surface area contributed by atoms with E-state index in [0.717, 1.165) is 32.4 Å². The fourth-order valence-corrected chi connectivity index (χ4v) is 3.12. The second kappa shape index (κ2) is 8.83. The van der Waals surface area contributed by atoms with Gasteiger partial charge in [0.1, 0.15) is 0 Å². The lowest BCUT2D eigenvalue weighted by atomic mass is 9.98. The lowest BCUT2D eigenvalue weighted by Gasteiger charge is -2.35. The summed E-state index contributed by atoms with van der Waals surface area (Å²) < 4.78 is 0. The molecule has 1 unspecified atom stereocenters. The summed E-state index contributed by atoms with van der Waals surface area (Å²) in [7, 11) is 3.94. The Bertz CT molecular complexity index is 554. The summed E-state index contributed by atoms with van der Waals surface area (Å²) in [6.45, 7) is 4.38. The number of amides is 2. The largest absolute Gasteiger partial charge is 0.351 e. The molecular formula is C19H29N3O2. The molecule has 2 rings (SSSR count). The number of carbonyl (C=O) groups is 2. The van der Waals surface area contributed by atoms with Crippen molar-refractivity contribution in [3.8, 4) is 0 Å². The van der Waals surface area contributed by atoms with Gasteiger partial charge >= 0.3 is 0 Å². The third-order valence-electron chi connectivity index (χ3n) is 4.60. The Morgan fingerprint density at radius 3 is 2.46 bits per heavy atom. The van der Waals surface area contributed by atoms with Gasteiger partial charge in [0, 0.05) is 36.8 Å². The minimum Gasteiger partial charge on any atom is -0.351 e. The van der Waals surface area contributed by atoms with Crippen molar-refractivity contribution in [3.63, 3.8) is 0 Å². The first kappa shape index (κ1) is 18.5. The molecule has 1 N–H and O–H groups in total. The summed E-state index contributed by atoms with van der Waals surface area (Å²) in [6.07, 6.45) is 4.37. The molecule has 1 aromatic rings. The Morgan fingerprint density at radius 1 is 1.17 bits per heavy atom. The van der Waals surface area contributed by atoms with Crippen molar-refractivity contribution in [2.75, 3.05) is 33.7 Å². The van der Waals surface area contributed by atoms with Crippen LogP contribution in [0.5, 0.6) is 0 Å². The second-order valence-corrected chi connectivity index (χ2v) is 6.69. The number of nitrogens with one attached hydrogen (secondary N) is 1. The third kappa shape index (κ3) is 4.81. The van der Waals surface area contributed by atoms with E-state index >= 15 is 0 Å². The van der Waals surface area contributed by atoms with Gasteiger partial charge in [0.2, 0.25) is 0 Å². The predicted octanol–water partition coefficient (Wildman–Crippen LogP) is 2.38. The molecule has 1 atom stereocenters. The van der Waals surface area contributed by atoms with Gasteiger partial charge in [0.05, 0.1) is 0 Å². The van der Waals surface area contributed by atoms with Gasteiger partial charge in [0.15, 0.2) is 0 Å². The van der Waals surface area contributed by atoms with Gasteiger partial charge in [-0.1, -0.05) is 6.92 Å². The maximum atomic E-state index is 12.7. The van der Waals surface area contributed by atoms with Crippen molar-refractivity contribution in [1.82, 2.24) is 15.1 Å². The molecule has 0 bridgehead atoms. The van der Waals surface area contributed by atoms with Gasteiger partial charge in [0.25, 0.3) is 11.8 Å². The van der Waals surface area contributed by atoms with E-state index in [4.69, 9.17) is 0 Å². The van der Waals surface area contributed by atoms with Crippen LogP contribution in [0.2, 0.25) is 0 Å². The van der Waals surface area contributed by atoms with Crippen molar-refractivity contribution in [1.29, 1.82) is 0 Å². The molecule has 1 aliphatic heterocycles. The molecule has 0 aliphatic carbocycles. The highest BCUT2D eigenvalue weighted by atomic mass is 16.2. The number of hydrogen-bond donors (Lipinski definition) is 1. The zero-order valence-corrected chi connectivity index (χ0v) is 15.0. The summed E-state index contributed by atoms with van der Waals surface area (Å²) in [5, 5.41) is 2.88. The van der Waals surface area contributed by atoms with E-state index in [1.165, 1.54) is 6.42 Å². The molecule has 1 aliphatic rings. The smallest absolute Gasteiger partial charge is 0.254 e. The maximum Gasteiger partial charge on any atom is 0.254 e. The van der Waals surface area contributed by atoms with Crippen LogP contribution in [0.3, 0.4) is 0 Å². The van der Waals surface area contributed by atoms with E-state index in [0.29, 0.717) is 23.7 Å². The summed E-state index contributed by atoms with van der Waals surface area (Å²) in [4.78, 5) is 28.8. The minimum absolute atomic E-state index is 0.0844. The highest BCUT2D eigenvalue weighted by Crippen LogP contribution is 2.22. The number of likely N-dealkylation sites (N-methyl/N-ethyl adjacent to an activating group) is 1. The molecule has 0 aromatic heterocycles. The molecular weight excluding hydrogens is 302 g/mol. The van der Waals surface area contributed by atoms with Crippen LogP contribution >= 0.6 is 0 Å². The normalized spacial score (nSPS) is 17.8. The minimum atomic E-state index is -0.0970. The Morgan fingerprint density at radius 2 is 1.83 bits per heavy atom. The molecule has 1 heterocycles. The Kier molecular flexibility index (Phi) is 6.79. The standard InChI is InChI=1S/C19H29N3O2/c1-4-17-7-5-6-13-22(17)19(24)16-10-8-15(9-11-16)18(23)20-12-14-21(2)3/h8-11,17H,4-7,12-14H2,1-3H3,(H,20,23). The number of carbonyl (C=O) groups excluding carboxylic acids is 2. The number of nitrogens with zero attached hydrogens (tertiary/aromatic N) is 2. The quantitative estimate of drug-likeness (QED) is 0.871. The molecule has 1 fully saturated rings. The number of benzene rings is 1. The van der Waals surface area contributed by atoms with Crippen molar-refractivity contribution in [2.24, 2.45) is 0 Å².